The van der Waals surface area contributed by atoms with E-state index in [2.05, 4.69) is 179 Å². The lowest BCUT2D eigenvalue weighted by Gasteiger charge is -2.14. The minimum atomic E-state index is 1.18. The molecule has 0 aliphatic heterocycles. The van der Waals surface area contributed by atoms with Crippen LogP contribution in [0.5, 0.6) is 0 Å². The van der Waals surface area contributed by atoms with Gasteiger partial charge in [-0.3, -0.25) is 0 Å². The van der Waals surface area contributed by atoms with Gasteiger partial charge in [-0.15, -0.1) is 0 Å². The lowest BCUT2D eigenvalue weighted by molar-refractivity contribution is 1.19. The number of nitrogens with zero attached hydrogens (tertiary/aromatic N) is 2. The van der Waals surface area contributed by atoms with Crippen LogP contribution in [0.1, 0.15) is 0 Å². The van der Waals surface area contributed by atoms with Gasteiger partial charge in [-0.25, -0.2) is 0 Å². The molecule has 3 heterocycles. The van der Waals surface area contributed by atoms with Crippen molar-refractivity contribution in [3.8, 4) is 16.8 Å². The second-order valence-corrected chi connectivity index (χ2v) is 13.7. The third kappa shape index (κ3) is 3.32. The van der Waals surface area contributed by atoms with Crippen LogP contribution in [0.3, 0.4) is 0 Å². The zero-order valence-electron chi connectivity index (χ0n) is 27.1. The van der Waals surface area contributed by atoms with Crippen LogP contribution in [0.2, 0.25) is 0 Å². The summed E-state index contributed by atoms with van der Waals surface area (Å²) in [6, 6.07) is 63.0. The molecule has 0 saturated carbocycles. The molecular formula is C48H28N2. The number of benzene rings is 9. The molecule has 50 heavy (non-hydrogen) atoms. The van der Waals surface area contributed by atoms with Crippen molar-refractivity contribution in [2.24, 2.45) is 0 Å². The van der Waals surface area contributed by atoms with Crippen molar-refractivity contribution >= 4 is 92.2 Å². The second kappa shape index (κ2) is 9.49. The maximum Gasteiger partial charge on any atom is 0.0620 e. The van der Waals surface area contributed by atoms with E-state index in [4.69, 9.17) is 0 Å². The fourth-order valence-electron chi connectivity index (χ4n) is 9.08. The van der Waals surface area contributed by atoms with Crippen LogP contribution >= 0.6 is 0 Å². The average molecular weight is 633 g/mol. The fourth-order valence-corrected chi connectivity index (χ4v) is 9.08. The Morgan fingerprint density at radius 3 is 1.30 bits per heavy atom. The lowest BCUT2D eigenvalue weighted by atomic mass is 9.94. The van der Waals surface area contributed by atoms with Crippen LogP contribution in [-0.2, 0) is 0 Å². The molecule has 0 radical (unpaired) electrons. The van der Waals surface area contributed by atoms with Gasteiger partial charge >= 0.3 is 0 Å². The van der Waals surface area contributed by atoms with E-state index in [1.165, 1.54) is 109 Å². The van der Waals surface area contributed by atoms with Crippen molar-refractivity contribution in [1.29, 1.82) is 0 Å². The highest BCUT2D eigenvalue weighted by Crippen LogP contribution is 2.43. The molecule has 0 aliphatic rings. The van der Waals surface area contributed by atoms with Gasteiger partial charge in [0.25, 0.3) is 0 Å². The van der Waals surface area contributed by atoms with E-state index in [1.807, 2.05) is 0 Å². The van der Waals surface area contributed by atoms with E-state index < -0.39 is 0 Å². The van der Waals surface area contributed by atoms with Crippen LogP contribution in [0.4, 0.5) is 0 Å². The van der Waals surface area contributed by atoms with Crippen LogP contribution in [-0.4, -0.2) is 8.97 Å². The standard InChI is InChI=1S/C48H28N2/c1-2-13-34-32(11-1)33-12-3-4-14-35(33)40-28-31(22-23-36(34)40)49-44-18-8-5-15-37(44)41-25-29(21-24-47(41)49)30-26-42-38-16-6-9-19-45(38)50-46-20-10-7-17-39(46)43(27-30)48(42)50/h1-28H. The highest BCUT2D eigenvalue weighted by Gasteiger charge is 2.20. The molecule has 0 bridgehead atoms. The lowest BCUT2D eigenvalue weighted by Crippen LogP contribution is -1.94. The van der Waals surface area contributed by atoms with Crippen molar-refractivity contribution in [1.82, 2.24) is 8.97 Å². The Balaban J connectivity index is 1.12. The smallest absolute Gasteiger partial charge is 0.0620 e. The van der Waals surface area contributed by atoms with Crippen LogP contribution in [0.15, 0.2) is 170 Å². The van der Waals surface area contributed by atoms with E-state index in [9.17, 15) is 0 Å². The highest BCUT2D eigenvalue weighted by atomic mass is 15.0. The number of hydrogen-bond acceptors (Lipinski definition) is 0. The Labute approximate surface area is 287 Å². The summed E-state index contributed by atoms with van der Waals surface area (Å²) in [5, 5.41) is 15.5. The monoisotopic (exact) mass is 632 g/mol. The second-order valence-electron chi connectivity index (χ2n) is 13.7. The number of para-hydroxylation sites is 3. The van der Waals surface area contributed by atoms with Gasteiger partial charge in [0.1, 0.15) is 0 Å². The summed E-state index contributed by atoms with van der Waals surface area (Å²) in [6.07, 6.45) is 0. The van der Waals surface area contributed by atoms with Gasteiger partial charge < -0.3 is 8.97 Å². The number of hydrogen-bond donors (Lipinski definition) is 0. The first-order valence-corrected chi connectivity index (χ1v) is 17.4. The first-order chi connectivity index (χ1) is 24.8. The van der Waals surface area contributed by atoms with Gasteiger partial charge in [0.15, 0.2) is 0 Å². The van der Waals surface area contributed by atoms with Crippen LogP contribution in [0.25, 0.3) is 109 Å². The van der Waals surface area contributed by atoms with Crippen LogP contribution in [0, 0.1) is 0 Å². The molecule has 0 spiro atoms. The Kier molecular flexibility index (Phi) is 5.00. The number of fused-ring (bicyclic) bond motifs is 15. The predicted molar refractivity (Wildman–Crippen MR) is 213 cm³/mol. The third-order valence-electron chi connectivity index (χ3n) is 11.2. The maximum absolute atomic E-state index is 2.45. The van der Waals surface area contributed by atoms with Crippen LogP contribution < -0.4 is 0 Å². The summed E-state index contributed by atoms with van der Waals surface area (Å²) in [5.74, 6) is 0. The minimum absolute atomic E-state index is 1.18. The van der Waals surface area contributed by atoms with E-state index in [1.54, 1.807) is 0 Å². The summed E-state index contributed by atoms with van der Waals surface area (Å²) in [5.41, 5.74) is 9.93. The molecule has 0 unspecified atom stereocenters. The average Bonchev–Trinajstić information content (AvgIpc) is 3.82. The van der Waals surface area contributed by atoms with Gasteiger partial charge in [-0.2, -0.15) is 0 Å². The minimum Gasteiger partial charge on any atom is -0.309 e. The predicted octanol–water partition coefficient (Wildman–Crippen LogP) is 13.1. The molecule has 0 N–H and O–H groups in total. The Hall–Kier alpha value is -6.64. The van der Waals surface area contributed by atoms with E-state index >= 15 is 0 Å². The van der Waals surface area contributed by atoms with E-state index in [0.717, 1.165) is 0 Å². The number of rotatable bonds is 2. The van der Waals surface area contributed by atoms with Crippen molar-refractivity contribution < 1.29 is 0 Å². The largest absolute Gasteiger partial charge is 0.309 e. The molecular weight excluding hydrogens is 605 g/mol. The summed E-state index contributed by atoms with van der Waals surface area (Å²) >= 11 is 0. The first kappa shape index (κ1) is 26.3. The fraction of sp³-hybridized carbons (Fsp3) is 0. The topological polar surface area (TPSA) is 9.34 Å². The van der Waals surface area contributed by atoms with Crippen molar-refractivity contribution in [3.63, 3.8) is 0 Å². The highest BCUT2D eigenvalue weighted by molar-refractivity contribution is 6.26. The maximum atomic E-state index is 2.45. The molecule has 0 saturated heterocycles. The molecule has 3 aromatic heterocycles. The summed E-state index contributed by atoms with van der Waals surface area (Å²) < 4.78 is 4.90. The van der Waals surface area contributed by atoms with Crippen molar-refractivity contribution in [2.45, 2.75) is 0 Å². The van der Waals surface area contributed by atoms with E-state index in [-0.39, 0.29) is 0 Å². The Morgan fingerprint density at radius 1 is 0.260 bits per heavy atom. The molecule has 2 nitrogen and oxygen atoms in total. The van der Waals surface area contributed by atoms with E-state index in [0.29, 0.717) is 0 Å². The first-order valence-electron chi connectivity index (χ1n) is 17.4. The molecule has 0 fully saturated rings. The van der Waals surface area contributed by atoms with Gasteiger partial charge in [-0.05, 0) is 98.0 Å². The molecule has 0 amide bonds. The zero-order chi connectivity index (χ0) is 32.5. The Morgan fingerprint density at radius 2 is 0.700 bits per heavy atom. The quantitative estimate of drug-likeness (QED) is 0.168. The summed E-state index contributed by atoms with van der Waals surface area (Å²) in [4.78, 5) is 0. The molecule has 9 aromatic carbocycles. The zero-order valence-corrected chi connectivity index (χ0v) is 27.1. The molecule has 12 aromatic rings. The SMILES string of the molecule is c1ccc2c(c1)c1ccccc1c1cc(-n3c4ccccc4c4cc(-c5cc6c7ccccc7n7c8ccccc8c(c5)c67)ccc43)ccc21. The molecule has 0 aliphatic carbocycles. The third-order valence-corrected chi connectivity index (χ3v) is 11.2. The molecule has 230 valence electrons. The van der Waals surface area contributed by atoms with Gasteiger partial charge in [0, 0.05) is 38.0 Å². The van der Waals surface area contributed by atoms with Gasteiger partial charge in [0.05, 0.1) is 27.6 Å². The number of aromatic nitrogens is 2. The molecule has 0 atom stereocenters. The summed E-state index contributed by atoms with van der Waals surface area (Å²) in [6.45, 7) is 0. The van der Waals surface area contributed by atoms with Gasteiger partial charge in [0.2, 0.25) is 0 Å². The van der Waals surface area contributed by atoms with Crippen molar-refractivity contribution in [3.05, 3.63) is 170 Å². The van der Waals surface area contributed by atoms with Crippen molar-refractivity contribution in [2.75, 3.05) is 0 Å². The molecule has 2 heteroatoms. The van der Waals surface area contributed by atoms with Gasteiger partial charge in [-0.1, -0.05) is 115 Å². The summed E-state index contributed by atoms with van der Waals surface area (Å²) in [7, 11) is 0. The Bertz CT molecular complexity index is 3260. The molecule has 12 rings (SSSR count). The normalized spacial score (nSPS) is 12.4.